The molecule has 0 aromatic heterocycles. The molecule has 0 saturated carbocycles. The lowest BCUT2D eigenvalue weighted by Crippen LogP contribution is -2.33. The summed E-state index contributed by atoms with van der Waals surface area (Å²) in [4.78, 5) is 39.4. The largest absolute Gasteiger partial charge is 0.333 e. The molecule has 0 spiro atoms. The van der Waals surface area contributed by atoms with Crippen molar-refractivity contribution in [2.24, 2.45) is 5.92 Å². The van der Waals surface area contributed by atoms with Crippen LogP contribution in [0.1, 0.15) is 25.3 Å². The van der Waals surface area contributed by atoms with Crippen molar-refractivity contribution in [2.75, 3.05) is 0 Å². The Morgan fingerprint density at radius 1 is 1.27 bits per heavy atom. The normalized spacial score (nSPS) is 15.3. The van der Waals surface area contributed by atoms with Gasteiger partial charge in [-0.15, -0.1) is 0 Å². The molecule has 5 nitrogen and oxygen atoms in total. The van der Waals surface area contributed by atoms with Crippen LogP contribution in [0.4, 0.5) is 0 Å². The molecule has 2 rings (SSSR count). The number of hydroxylamine groups is 2. The quantitative estimate of drug-likeness (QED) is 0.727. The summed E-state index contributed by atoms with van der Waals surface area (Å²) in [6.07, 6.45) is 3.83. The van der Waals surface area contributed by atoms with Crippen molar-refractivity contribution < 1.29 is 19.2 Å². The number of nitrogens with zero attached hydrogens (tertiary/aromatic N) is 1. The Morgan fingerprint density at radius 2 is 1.95 bits per heavy atom. The maximum atomic E-state index is 11.9. The lowest BCUT2D eigenvalue weighted by molar-refractivity contribution is -0.196. The minimum Gasteiger partial charge on any atom is -0.330 e. The number of carbonyl (C=O) groups excluding carboxylic acids is 3. The van der Waals surface area contributed by atoms with Crippen LogP contribution in [0.15, 0.2) is 40.9 Å². The predicted octanol–water partition coefficient (Wildman–Crippen LogP) is 2.79. The number of hydrogen-bond acceptors (Lipinski definition) is 4. The second kappa shape index (κ2) is 7.35. The number of carbonyl (C=O) groups is 3. The van der Waals surface area contributed by atoms with Gasteiger partial charge in [-0.2, -0.15) is 0 Å². The van der Waals surface area contributed by atoms with Crippen LogP contribution in [-0.2, 0) is 25.6 Å². The molecule has 0 bridgehead atoms. The van der Waals surface area contributed by atoms with E-state index in [2.05, 4.69) is 15.9 Å². The highest BCUT2D eigenvalue weighted by molar-refractivity contribution is 9.10. The van der Waals surface area contributed by atoms with Gasteiger partial charge in [-0.3, -0.25) is 9.59 Å². The fraction of sp³-hybridized carbons (Fsp3) is 0.312. The number of benzene rings is 1. The third kappa shape index (κ3) is 4.27. The van der Waals surface area contributed by atoms with Gasteiger partial charge in [0.25, 0.3) is 11.8 Å². The zero-order valence-corrected chi connectivity index (χ0v) is 13.7. The van der Waals surface area contributed by atoms with E-state index in [1.54, 1.807) is 0 Å². The van der Waals surface area contributed by atoms with Gasteiger partial charge >= 0.3 is 5.97 Å². The lowest BCUT2D eigenvalue weighted by atomic mass is 9.94. The van der Waals surface area contributed by atoms with Crippen LogP contribution in [0.25, 0.3) is 0 Å². The smallest absolute Gasteiger partial charge is 0.330 e. The van der Waals surface area contributed by atoms with E-state index < -0.39 is 17.8 Å². The summed E-state index contributed by atoms with van der Waals surface area (Å²) in [6, 6.07) is 7.88. The monoisotopic (exact) mass is 365 g/mol. The molecular formula is C16H16BrNO4. The first-order valence-corrected chi connectivity index (χ1v) is 7.80. The average Bonchev–Trinajstić information content (AvgIpc) is 2.78. The van der Waals surface area contributed by atoms with Gasteiger partial charge in [0.2, 0.25) is 0 Å². The summed E-state index contributed by atoms with van der Waals surface area (Å²) < 4.78 is 0.988. The highest BCUT2D eigenvalue weighted by atomic mass is 79.9. The van der Waals surface area contributed by atoms with E-state index in [1.807, 2.05) is 31.2 Å². The van der Waals surface area contributed by atoms with Crippen LogP contribution in [0, 0.1) is 5.92 Å². The summed E-state index contributed by atoms with van der Waals surface area (Å²) in [6.45, 7) is 1.99. The van der Waals surface area contributed by atoms with Crippen molar-refractivity contribution in [1.29, 1.82) is 0 Å². The molecule has 1 aromatic carbocycles. The fourth-order valence-electron chi connectivity index (χ4n) is 2.21. The molecular weight excluding hydrogens is 350 g/mol. The number of imide groups is 1. The summed E-state index contributed by atoms with van der Waals surface area (Å²) in [5.74, 6) is -1.74. The van der Waals surface area contributed by atoms with Crippen molar-refractivity contribution in [3.63, 3.8) is 0 Å². The van der Waals surface area contributed by atoms with Crippen molar-refractivity contribution in [3.8, 4) is 0 Å². The minimum absolute atomic E-state index is 0.0857. The molecule has 1 aliphatic heterocycles. The summed E-state index contributed by atoms with van der Waals surface area (Å²) >= 11 is 3.42. The third-order valence-corrected chi connectivity index (χ3v) is 3.90. The Morgan fingerprint density at radius 3 is 2.55 bits per heavy atom. The topological polar surface area (TPSA) is 63.7 Å². The van der Waals surface area contributed by atoms with Gasteiger partial charge in [-0.1, -0.05) is 46.5 Å². The molecule has 1 heterocycles. The molecule has 2 amide bonds. The fourth-order valence-corrected chi connectivity index (χ4v) is 2.66. The molecule has 0 radical (unpaired) electrons. The second-order valence-corrected chi connectivity index (χ2v) is 6.00. The van der Waals surface area contributed by atoms with Crippen LogP contribution in [0.2, 0.25) is 0 Å². The first-order valence-electron chi connectivity index (χ1n) is 7.01. The van der Waals surface area contributed by atoms with Gasteiger partial charge in [0.15, 0.2) is 0 Å². The molecule has 22 heavy (non-hydrogen) atoms. The van der Waals surface area contributed by atoms with Gasteiger partial charge in [0, 0.05) is 16.6 Å². The SMILES string of the molecule is CCC(CC(=O)ON1C(=O)C=CC1=O)Cc1cccc(Br)c1. The Kier molecular flexibility index (Phi) is 5.49. The highest BCUT2D eigenvalue weighted by Gasteiger charge is 2.28. The Hall–Kier alpha value is -1.95. The zero-order valence-electron chi connectivity index (χ0n) is 12.1. The van der Waals surface area contributed by atoms with E-state index in [0.717, 1.165) is 35.0 Å². The summed E-state index contributed by atoms with van der Waals surface area (Å²) in [5.41, 5.74) is 1.11. The van der Waals surface area contributed by atoms with Crippen LogP contribution in [0.3, 0.4) is 0 Å². The molecule has 1 aliphatic rings. The molecule has 0 saturated heterocycles. The third-order valence-electron chi connectivity index (χ3n) is 3.41. The van der Waals surface area contributed by atoms with E-state index in [4.69, 9.17) is 4.84 Å². The average molecular weight is 366 g/mol. The Labute approximate surface area is 137 Å². The maximum absolute atomic E-state index is 11.9. The van der Waals surface area contributed by atoms with Gasteiger partial charge in [0.1, 0.15) is 0 Å². The van der Waals surface area contributed by atoms with Crippen molar-refractivity contribution in [2.45, 2.75) is 26.2 Å². The number of hydrogen-bond donors (Lipinski definition) is 0. The van der Waals surface area contributed by atoms with E-state index >= 15 is 0 Å². The lowest BCUT2D eigenvalue weighted by Gasteiger charge is -2.17. The van der Waals surface area contributed by atoms with Gasteiger partial charge < -0.3 is 4.84 Å². The summed E-state index contributed by atoms with van der Waals surface area (Å²) in [5, 5.41) is 0.494. The maximum Gasteiger partial charge on any atom is 0.333 e. The molecule has 116 valence electrons. The molecule has 0 fully saturated rings. The summed E-state index contributed by atoms with van der Waals surface area (Å²) in [7, 11) is 0. The predicted molar refractivity (Wildman–Crippen MR) is 83.3 cm³/mol. The highest BCUT2D eigenvalue weighted by Crippen LogP contribution is 2.20. The molecule has 1 unspecified atom stereocenters. The van der Waals surface area contributed by atoms with E-state index in [1.165, 1.54) is 0 Å². The van der Waals surface area contributed by atoms with Crippen molar-refractivity contribution in [3.05, 3.63) is 46.5 Å². The van der Waals surface area contributed by atoms with Crippen LogP contribution < -0.4 is 0 Å². The first-order chi connectivity index (χ1) is 10.5. The second-order valence-electron chi connectivity index (χ2n) is 5.08. The number of halogens is 1. The molecule has 1 atom stereocenters. The first kappa shape index (κ1) is 16.4. The minimum atomic E-state index is -0.626. The molecule has 6 heteroatoms. The van der Waals surface area contributed by atoms with Crippen LogP contribution in [-0.4, -0.2) is 22.8 Å². The number of rotatable bonds is 6. The standard InChI is InChI=1S/C16H16BrNO4/c1-2-11(8-12-4-3-5-13(17)9-12)10-16(21)22-18-14(19)6-7-15(18)20/h3-7,9,11H,2,8,10H2,1H3. The Balaban J connectivity index is 1.91. The molecule has 0 aliphatic carbocycles. The van der Waals surface area contributed by atoms with E-state index in [0.29, 0.717) is 5.06 Å². The van der Waals surface area contributed by atoms with Gasteiger partial charge in [0.05, 0.1) is 6.42 Å². The van der Waals surface area contributed by atoms with Crippen LogP contribution >= 0.6 is 15.9 Å². The van der Waals surface area contributed by atoms with Crippen LogP contribution in [0.5, 0.6) is 0 Å². The molecule has 0 N–H and O–H groups in total. The number of amides is 2. The molecule has 1 aromatic rings. The van der Waals surface area contributed by atoms with E-state index in [9.17, 15) is 14.4 Å². The zero-order chi connectivity index (χ0) is 16.1. The van der Waals surface area contributed by atoms with E-state index in [-0.39, 0.29) is 12.3 Å². The van der Waals surface area contributed by atoms with Crippen molar-refractivity contribution >= 4 is 33.7 Å². The van der Waals surface area contributed by atoms with Gasteiger partial charge in [-0.05, 0) is 30.0 Å². The van der Waals surface area contributed by atoms with Gasteiger partial charge in [-0.25, -0.2) is 4.79 Å². The Bertz CT molecular complexity index is 608. The van der Waals surface area contributed by atoms with Crippen molar-refractivity contribution in [1.82, 2.24) is 5.06 Å².